The van der Waals surface area contributed by atoms with Gasteiger partial charge in [0.1, 0.15) is 0 Å². The van der Waals surface area contributed by atoms with E-state index in [1.807, 2.05) is 0 Å². The van der Waals surface area contributed by atoms with E-state index in [9.17, 15) is 9.59 Å². The summed E-state index contributed by atoms with van der Waals surface area (Å²) in [5.41, 5.74) is 2.13. The Bertz CT molecular complexity index is 532. The Morgan fingerprint density at radius 2 is 0.895 bits per heavy atom. The molecule has 0 aromatic heterocycles. The van der Waals surface area contributed by atoms with Gasteiger partial charge in [-0.2, -0.15) is 0 Å². The van der Waals surface area contributed by atoms with Crippen molar-refractivity contribution in [3.8, 4) is 11.1 Å². The number of hydrogen-bond donors (Lipinski definition) is 2. The summed E-state index contributed by atoms with van der Waals surface area (Å²) in [5.74, 6) is -1.94. The minimum absolute atomic E-state index is 0. The van der Waals surface area contributed by atoms with Crippen LogP contribution < -0.4 is 0 Å². The average Bonchev–Trinajstić information content (AvgIpc) is 2.39. The molecule has 0 spiro atoms. The van der Waals surface area contributed by atoms with Crippen LogP contribution in [0.5, 0.6) is 0 Å². The van der Waals surface area contributed by atoms with E-state index in [1.165, 1.54) is 24.3 Å². The Hall–Kier alpha value is -1.70. The van der Waals surface area contributed by atoms with Crippen LogP contribution in [0.2, 0.25) is 0 Å². The first-order valence-electron chi connectivity index (χ1n) is 5.25. The van der Waals surface area contributed by atoms with Crippen LogP contribution >= 0.6 is 0 Å². The molecule has 0 heterocycles. The number of hydrogen-bond acceptors (Lipinski definition) is 2. The quantitative estimate of drug-likeness (QED) is 0.831. The molecule has 2 N–H and O–H groups in total. The van der Waals surface area contributed by atoms with Crippen molar-refractivity contribution in [1.82, 2.24) is 0 Å². The van der Waals surface area contributed by atoms with Crippen LogP contribution in [0.15, 0.2) is 48.5 Å². The summed E-state index contributed by atoms with van der Waals surface area (Å²) in [6.45, 7) is 0. The molecule has 0 amide bonds. The minimum Gasteiger partial charge on any atom is -0.478 e. The third kappa shape index (κ3) is 3.63. The zero-order valence-electron chi connectivity index (χ0n) is 10.0. The molecular formula is C14H10CdO4. The van der Waals surface area contributed by atoms with E-state index in [-0.39, 0.29) is 38.4 Å². The normalized spacial score (nSPS) is 9.47. The Balaban J connectivity index is 0.00000180. The molecule has 0 aliphatic rings. The van der Waals surface area contributed by atoms with Crippen molar-refractivity contribution in [2.45, 2.75) is 0 Å². The number of carbonyl (C=O) groups is 2. The number of carboxylic acids is 2. The van der Waals surface area contributed by atoms with Crippen LogP contribution in [0.3, 0.4) is 0 Å². The van der Waals surface area contributed by atoms with Crippen LogP contribution in [-0.4, -0.2) is 22.2 Å². The maximum Gasteiger partial charge on any atom is 0.335 e. The van der Waals surface area contributed by atoms with Gasteiger partial charge in [0.25, 0.3) is 0 Å². The molecule has 19 heavy (non-hydrogen) atoms. The molecule has 5 heteroatoms. The van der Waals surface area contributed by atoms with Crippen molar-refractivity contribution in [3.63, 3.8) is 0 Å². The van der Waals surface area contributed by atoms with Crippen molar-refractivity contribution in [2.75, 3.05) is 0 Å². The molecular weight excluding hydrogens is 345 g/mol. The summed E-state index contributed by atoms with van der Waals surface area (Å²) in [6.07, 6.45) is 0. The first-order chi connectivity index (χ1) is 8.58. The van der Waals surface area contributed by atoms with Gasteiger partial charge in [0, 0.05) is 27.3 Å². The van der Waals surface area contributed by atoms with E-state index in [1.54, 1.807) is 24.3 Å². The summed E-state index contributed by atoms with van der Waals surface area (Å²) >= 11 is 0. The van der Waals surface area contributed by atoms with Crippen molar-refractivity contribution in [2.24, 2.45) is 0 Å². The fourth-order valence-corrected chi connectivity index (χ4v) is 1.61. The SMILES string of the molecule is O=C(O)c1ccc(-c2ccc(C(=O)O)cc2)cc1.[Cd]. The van der Waals surface area contributed by atoms with Crippen LogP contribution in [0.4, 0.5) is 0 Å². The molecule has 0 radical (unpaired) electrons. The van der Waals surface area contributed by atoms with Gasteiger partial charge in [-0.3, -0.25) is 0 Å². The van der Waals surface area contributed by atoms with Crippen LogP contribution in [-0.2, 0) is 27.3 Å². The molecule has 0 unspecified atom stereocenters. The largest absolute Gasteiger partial charge is 0.478 e. The second-order valence-corrected chi connectivity index (χ2v) is 3.77. The van der Waals surface area contributed by atoms with E-state index >= 15 is 0 Å². The number of carboxylic acid groups (broad SMARTS) is 2. The van der Waals surface area contributed by atoms with Gasteiger partial charge in [-0.25, -0.2) is 9.59 Å². The Morgan fingerprint density at radius 3 is 1.11 bits per heavy atom. The van der Waals surface area contributed by atoms with Gasteiger partial charge in [0.05, 0.1) is 11.1 Å². The molecule has 0 saturated heterocycles. The number of rotatable bonds is 3. The van der Waals surface area contributed by atoms with Crippen LogP contribution in [0.25, 0.3) is 11.1 Å². The van der Waals surface area contributed by atoms with Crippen LogP contribution in [0, 0.1) is 0 Å². The van der Waals surface area contributed by atoms with Crippen molar-refractivity contribution >= 4 is 11.9 Å². The predicted octanol–water partition coefficient (Wildman–Crippen LogP) is 2.75. The van der Waals surface area contributed by atoms with Crippen LogP contribution in [0.1, 0.15) is 20.7 Å². The second-order valence-electron chi connectivity index (χ2n) is 3.77. The zero-order chi connectivity index (χ0) is 13.1. The molecule has 4 nitrogen and oxygen atoms in total. The summed E-state index contributed by atoms with van der Waals surface area (Å²) in [5, 5.41) is 17.6. The van der Waals surface area contributed by atoms with E-state index < -0.39 is 11.9 Å². The van der Waals surface area contributed by atoms with Gasteiger partial charge in [0.2, 0.25) is 0 Å². The Kier molecular flexibility index (Phi) is 5.23. The molecule has 92 valence electrons. The third-order valence-electron chi connectivity index (χ3n) is 2.60. The molecule has 2 rings (SSSR count). The van der Waals surface area contributed by atoms with Gasteiger partial charge >= 0.3 is 11.9 Å². The predicted molar refractivity (Wildman–Crippen MR) is 65.8 cm³/mol. The second kappa shape index (κ2) is 6.46. The molecule has 2 aromatic rings. The monoisotopic (exact) mass is 356 g/mol. The Labute approximate surface area is 129 Å². The first kappa shape index (κ1) is 15.4. The van der Waals surface area contributed by atoms with E-state index in [4.69, 9.17) is 10.2 Å². The zero-order valence-corrected chi connectivity index (χ0v) is 14.1. The smallest absolute Gasteiger partial charge is 0.335 e. The fourth-order valence-electron chi connectivity index (χ4n) is 1.61. The molecule has 0 saturated carbocycles. The molecule has 0 aliphatic carbocycles. The first-order valence-corrected chi connectivity index (χ1v) is 5.25. The summed E-state index contributed by atoms with van der Waals surface area (Å²) in [4.78, 5) is 21.4. The average molecular weight is 355 g/mol. The number of benzene rings is 2. The minimum atomic E-state index is -0.970. The van der Waals surface area contributed by atoms with E-state index in [0.29, 0.717) is 0 Å². The van der Waals surface area contributed by atoms with Gasteiger partial charge in [-0.15, -0.1) is 0 Å². The molecule has 0 bridgehead atoms. The van der Waals surface area contributed by atoms with E-state index in [2.05, 4.69) is 0 Å². The molecule has 0 fully saturated rings. The van der Waals surface area contributed by atoms with Gasteiger partial charge in [-0.1, -0.05) is 24.3 Å². The number of aromatic carboxylic acids is 2. The van der Waals surface area contributed by atoms with Gasteiger partial charge in [0.15, 0.2) is 0 Å². The maximum atomic E-state index is 10.7. The van der Waals surface area contributed by atoms with Gasteiger partial charge in [-0.05, 0) is 35.4 Å². The Morgan fingerprint density at radius 1 is 0.632 bits per heavy atom. The summed E-state index contributed by atoms with van der Waals surface area (Å²) in [7, 11) is 0. The van der Waals surface area contributed by atoms with Crippen molar-refractivity contribution in [3.05, 3.63) is 59.7 Å². The van der Waals surface area contributed by atoms with Gasteiger partial charge < -0.3 is 10.2 Å². The molecule has 0 atom stereocenters. The standard InChI is InChI=1S/C14H10O4.Cd/c15-13(16)11-5-1-9(2-6-11)10-3-7-12(8-4-10)14(17)18;/h1-8H,(H,15,16)(H,17,18);. The summed E-state index contributed by atoms with van der Waals surface area (Å²) in [6, 6.07) is 12.8. The molecule has 2 aromatic carbocycles. The van der Waals surface area contributed by atoms with E-state index in [0.717, 1.165) is 11.1 Å². The summed E-state index contributed by atoms with van der Waals surface area (Å²) < 4.78 is 0. The topological polar surface area (TPSA) is 74.6 Å². The fraction of sp³-hybridized carbons (Fsp3) is 0. The van der Waals surface area contributed by atoms with Crippen molar-refractivity contribution < 1.29 is 47.1 Å². The molecule has 0 aliphatic heterocycles. The maximum absolute atomic E-state index is 10.7. The third-order valence-corrected chi connectivity index (χ3v) is 2.60. The van der Waals surface area contributed by atoms with Crippen molar-refractivity contribution in [1.29, 1.82) is 0 Å².